The van der Waals surface area contributed by atoms with Gasteiger partial charge in [0.25, 0.3) is 0 Å². The van der Waals surface area contributed by atoms with Crippen molar-refractivity contribution in [2.75, 3.05) is 27.4 Å². The van der Waals surface area contributed by atoms with E-state index in [1.54, 1.807) is 63.0 Å². The Hall–Kier alpha value is -2.70. The molecular formula is C20H24N2O4. The molecule has 0 spiro atoms. The Bertz CT molecular complexity index is 683. The number of aliphatic imine (C=N–C) groups is 2. The van der Waals surface area contributed by atoms with Crippen molar-refractivity contribution in [2.24, 2.45) is 9.98 Å². The molecule has 2 aromatic carbocycles. The van der Waals surface area contributed by atoms with Gasteiger partial charge >= 0.3 is 0 Å². The van der Waals surface area contributed by atoms with Gasteiger partial charge < -0.3 is 19.7 Å². The first kappa shape index (κ1) is 19.6. The van der Waals surface area contributed by atoms with Crippen molar-refractivity contribution in [3.8, 4) is 11.5 Å². The third-order valence-electron chi connectivity index (χ3n) is 3.80. The quantitative estimate of drug-likeness (QED) is 0.677. The highest BCUT2D eigenvalue weighted by molar-refractivity contribution is 5.84. The lowest BCUT2D eigenvalue weighted by Gasteiger charge is -2.19. The summed E-state index contributed by atoms with van der Waals surface area (Å²) in [4.78, 5) is 9.06. The molecule has 0 aliphatic heterocycles. The lowest BCUT2D eigenvalue weighted by Crippen LogP contribution is -2.31. The number of rotatable bonds is 9. The summed E-state index contributed by atoms with van der Waals surface area (Å²) in [6.45, 7) is 0.687. The van der Waals surface area contributed by atoms with Gasteiger partial charge in [0.05, 0.1) is 25.3 Å². The normalized spacial score (nSPS) is 14.1. The summed E-state index contributed by atoms with van der Waals surface area (Å²) in [5, 5.41) is 19.7. The molecule has 138 valence electrons. The van der Waals surface area contributed by atoms with Crippen LogP contribution in [-0.2, 0) is 9.47 Å². The molecule has 0 aromatic heterocycles. The molecule has 0 saturated heterocycles. The fourth-order valence-corrected chi connectivity index (χ4v) is 2.39. The molecule has 26 heavy (non-hydrogen) atoms. The van der Waals surface area contributed by atoms with Crippen LogP contribution in [0, 0.1) is 0 Å². The Morgan fingerprint density at radius 3 is 1.50 bits per heavy atom. The van der Waals surface area contributed by atoms with Gasteiger partial charge in [-0.3, -0.25) is 9.98 Å². The van der Waals surface area contributed by atoms with Gasteiger partial charge in [-0.15, -0.1) is 0 Å². The molecule has 2 N–H and O–H groups in total. The molecule has 0 saturated carbocycles. The molecule has 2 atom stereocenters. The van der Waals surface area contributed by atoms with Crippen LogP contribution in [0.2, 0.25) is 0 Å². The zero-order chi connectivity index (χ0) is 18.8. The van der Waals surface area contributed by atoms with Crippen molar-refractivity contribution < 1.29 is 19.7 Å². The van der Waals surface area contributed by atoms with E-state index in [1.165, 1.54) is 0 Å². The van der Waals surface area contributed by atoms with E-state index in [1.807, 2.05) is 12.1 Å². The van der Waals surface area contributed by atoms with Crippen LogP contribution >= 0.6 is 0 Å². The lowest BCUT2D eigenvalue weighted by molar-refractivity contribution is 0.132. The number of ether oxygens (including phenoxy) is 2. The van der Waals surface area contributed by atoms with Crippen LogP contribution in [0.5, 0.6) is 11.5 Å². The Morgan fingerprint density at radius 2 is 1.15 bits per heavy atom. The number of aromatic hydroxyl groups is 2. The highest BCUT2D eigenvalue weighted by Gasteiger charge is 2.19. The largest absolute Gasteiger partial charge is 0.507 e. The van der Waals surface area contributed by atoms with Crippen LogP contribution in [0.1, 0.15) is 11.1 Å². The zero-order valence-electron chi connectivity index (χ0n) is 14.9. The fraction of sp³-hybridized carbons (Fsp3) is 0.300. The van der Waals surface area contributed by atoms with Crippen LogP contribution in [-0.4, -0.2) is 62.2 Å². The van der Waals surface area contributed by atoms with E-state index in [0.29, 0.717) is 24.3 Å². The molecular weight excluding hydrogens is 332 g/mol. The molecule has 0 bridgehead atoms. The van der Waals surface area contributed by atoms with E-state index in [-0.39, 0.29) is 23.6 Å². The Kier molecular flexibility index (Phi) is 7.79. The molecule has 0 fully saturated rings. The fourth-order valence-electron chi connectivity index (χ4n) is 2.39. The maximum atomic E-state index is 9.87. The minimum Gasteiger partial charge on any atom is -0.507 e. The lowest BCUT2D eigenvalue weighted by atomic mass is 10.1. The molecule has 0 aliphatic rings. The van der Waals surface area contributed by atoms with Crippen LogP contribution in [0.3, 0.4) is 0 Å². The summed E-state index contributed by atoms with van der Waals surface area (Å²) >= 11 is 0. The second-order valence-corrected chi connectivity index (χ2v) is 5.72. The summed E-state index contributed by atoms with van der Waals surface area (Å²) in [5.74, 6) is 0.321. The monoisotopic (exact) mass is 356 g/mol. The topological polar surface area (TPSA) is 83.6 Å². The number of phenols is 2. The molecule has 6 nitrogen and oxygen atoms in total. The first-order valence-corrected chi connectivity index (χ1v) is 8.26. The summed E-state index contributed by atoms with van der Waals surface area (Å²) in [7, 11) is 3.19. The van der Waals surface area contributed by atoms with Gasteiger partial charge in [-0.25, -0.2) is 0 Å². The number of hydrogen-bond acceptors (Lipinski definition) is 6. The SMILES string of the molecule is COC[C@@H](N=Cc1ccccc1O)[C@@H](COC)N=Cc1ccccc1O. The molecule has 0 heterocycles. The third kappa shape index (κ3) is 5.68. The molecule has 2 aromatic rings. The molecule has 2 rings (SSSR count). The van der Waals surface area contributed by atoms with E-state index >= 15 is 0 Å². The summed E-state index contributed by atoms with van der Waals surface area (Å²) in [5.41, 5.74) is 1.24. The molecule has 0 radical (unpaired) electrons. The maximum absolute atomic E-state index is 9.87. The Labute approximate surface area is 153 Å². The second-order valence-electron chi connectivity index (χ2n) is 5.72. The number of nitrogens with zero attached hydrogens (tertiary/aromatic N) is 2. The van der Waals surface area contributed by atoms with Crippen molar-refractivity contribution in [1.82, 2.24) is 0 Å². The van der Waals surface area contributed by atoms with E-state index in [4.69, 9.17) is 9.47 Å². The summed E-state index contributed by atoms with van der Waals surface area (Å²) < 4.78 is 10.5. The highest BCUT2D eigenvalue weighted by atomic mass is 16.5. The van der Waals surface area contributed by atoms with Crippen LogP contribution in [0.4, 0.5) is 0 Å². The first-order chi connectivity index (χ1) is 12.7. The number of para-hydroxylation sites is 2. The van der Waals surface area contributed by atoms with Crippen LogP contribution < -0.4 is 0 Å². The van der Waals surface area contributed by atoms with E-state index in [2.05, 4.69) is 9.98 Å². The average molecular weight is 356 g/mol. The van der Waals surface area contributed by atoms with Crippen molar-refractivity contribution in [3.05, 3.63) is 59.7 Å². The first-order valence-electron chi connectivity index (χ1n) is 8.26. The van der Waals surface area contributed by atoms with Gasteiger partial charge in [-0.2, -0.15) is 0 Å². The van der Waals surface area contributed by atoms with Gasteiger partial charge in [0.15, 0.2) is 0 Å². The third-order valence-corrected chi connectivity index (χ3v) is 3.80. The minimum atomic E-state index is -0.304. The Balaban J connectivity index is 2.22. The zero-order valence-corrected chi connectivity index (χ0v) is 14.9. The Morgan fingerprint density at radius 1 is 0.769 bits per heavy atom. The molecule has 0 unspecified atom stereocenters. The van der Waals surface area contributed by atoms with Gasteiger partial charge in [0.2, 0.25) is 0 Å². The number of hydrogen-bond donors (Lipinski definition) is 2. The maximum Gasteiger partial charge on any atom is 0.124 e. The van der Waals surface area contributed by atoms with E-state index in [9.17, 15) is 10.2 Å². The molecule has 0 aliphatic carbocycles. The van der Waals surface area contributed by atoms with E-state index in [0.717, 1.165) is 0 Å². The summed E-state index contributed by atoms with van der Waals surface area (Å²) in [6.07, 6.45) is 3.22. The highest BCUT2D eigenvalue weighted by Crippen LogP contribution is 2.16. The van der Waals surface area contributed by atoms with Gasteiger partial charge in [-0.05, 0) is 24.3 Å². The minimum absolute atomic E-state index is 0.161. The predicted molar refractivity (Wildman–Crippen MR) is 103 cm³/mol. The van der Waals surface area contributed by atoms with E-state index < -0.39 is 0 Å². The van der Waals surface area contributed by atoms with Gasteiger partial charge in [0.1, 0.15) is 11.5 Å². The summed E-state index contributed by atoms with van der Waals surface area (Å²) in [6, 6.07) is 13.3. The smallest absolute Gasteiger partial charge is 0.124 e. The van der Waals surface area contributed by atoms with Crippen LogP contribution in [0.25, 0.3) is 0 Å². The van der Waals surface area contributed by atoms with Crippen LogP contribution in [0.15, 0.2) is 58.5 Å². The molecule has 6 heteroatoms. The van der Waals surface area contributed by atoms with Gasteiger partial charge in [-0.1, -0.05) is 24.3 Å². The number of phenolic OH excluding ortho intramolecular Hbond substituents is 2. The average Bonchev–Trinajstić information content (AvgIpc) is 2.64. The standard InChI is InChI=1S/C20H24N2O4/c1-25-13-17(21-11-15-7-3-5-9-19(15)23)18(14-26-2)22-12-16-8-4-6-10-20(16)24/h3-12,17-18,23-24H,13-14H2,1-2H3/t17-,18-/m1/s1. The van der Waals surface area contributed by atoms with Crippen molar-refractivity contribution in [3.63, 3.8) is 0 Å². The van der Waals surface area contributed by atoms with Gasteiger partial charge in [0, 0.05) is 37.8 Å². The number of benzene rings is 2. The molecule has 0 amide bonds. The predicted octanol–water partition coefficient (Wildman–Crippen LogP) is 2.67. The second kappa shape index (κ2) is 10.3. The number of methoxy groups -OCH3 is 2. The van der Waals surface area contributed by atoms with Crippen molar-refractivity contribution in [1.29, 1.82) is 0 Å². The van der Waals surface area contributed by atoms with Crippen molar-refractivity contribution in [2.45, 2.75) is 12.1 Å². The van der Waals surface area contributed by atoms with Crippen molar-refractivity contribution >= 4 is 12.4 Å².